The number of alkyl halides is 3. The second-order valence-corrected chi connectivity index (χ2v) is 5.09. The van der Waals surface area contributed by atoms with Crippen LogP contribution in [0.25, 0.3) is 0 Å². The Labute approximate surface area is 120 Å². The molecule has 0 atom stereocenters. The minimum absolute atomic E-state index is 0.0795. The molecule has 1 amide bonds. The number of ether oxygens (including phenoxy) is 1. The minimum Gasteiger partial charge on any atom is -0.471 e. The highest BCUT2D eigenvalue weighted by Crippen LogP contribution is 2.30. The zero-order valence-corrected chi connectivity index (χ0v) is 11.6. The van der Waals surface area contributed by atoms with Crippen molar-refractivity contribution in [2.75, 3.05) is 13.1 Å². The van der Waals surface area contributed by atoms with Gasteiger partial charge in [-0.2, -0.15) is 13.2 Å². The summed E-state index contributed by atoms with van der Waals surface area (Å²) < 4.78 is 43.0. The van der Waals surface area contributed by atoms with E-state index in [1.807, 2.05) is 13.8 Å². The second kappa shape index (κ2) is 5.75. The normalized spacial score (nSPS) is 15.4. The predicted octanol–water partition coefficient (Wildman–Crippen LogP) is 2.66. The van der Waals surface area contributed by atoms with Gasteiger partial charge in [0.2, 0.25) is 11.8 Å². The fraction of sp³-hybridized carbons (Fsp3) is 0.429. The molecule has 0 spiro atoms. The number of aromatic nitrogens is 1. The molecule has 2 rings (SSSR count). The molecule has 0 bridgehead atoms. The fourth-order valence-corrected chi connectivity index (χ4v) is 1.85. The van der Waals surface area contributed by atoms with Gasteiger partial charge in [0.05, 0.1) is 18.7 Å². The number of likely N-dealkylation sites (tertiary alicyclic amines) is 1. The highest BCUT2D eigenvalue weighted by atomic mass is 19.4. The average Bonchev–Trinajstić information content (AvgIpc) is 2.31. The van der Waals surface area contributed by atoms with Gasteiger partial charge in [-0.15, -0.1) is 0 Å². The molecule has 4 nitrogen and oxygen atoms in total. The number of carbonyl (C=O) groups excluding carboxylic acids is 1. The Morgan fingerprint density at radius 2 is 2.10 bits per heavy atom. The van der Waals surface area contributed by atoms with Crippen molar-refractivity contribution in [1.82, 2.24) is 9.88 Å². The van der Waals surface area contributed by atoms with Gasteiger partial charge < -0.3 is 9.64 Å². The van der Waals surface area contributed by atoms with Gasteiger partial charge in [-0.1, -0.05) is 5.57 Å². The van der Waals surface area contributed by atoms with E-state index in [2.05, 4.69) is 4.98 Å². The number of halogens is 3. The van der Waals surface area contributed by atoms with Crippen LogP contribution in [0.2, 0.25) is 0 Å². The summed E-state index contributed by atoms with van der Waals surface area (Å²) in [7, 11) is 0. The van der Waals surface area contributed by atoms with Crippen molar-refractivity contribution in [1.29, 1.82) is 0 Å². The van der Waals surface area contributed by atoms with E-state index in [1.54, 1.807) is 4.90 Å². The molecule has 1 aliphatic heterocycles. The molecule has 0 radical (unpaired) electrons. The zero-order valence-electron chi connectivity index (χ0n) is 11.6. The van der Waals surface area contributed by atoms with E-state index in [4.69, 9.17) is 4.74 Å². The molecular formula is C14H15F3N2O2. The monoisotopic (exact) mass is 300 g/mol. The molecule has 0 N–H and O–H groups in total. The van der Waals surface area contributed by atoms with E-state index in [0.717, 1.165) is 23.9 Å². The number of nitrogens with zero attached hydrogens (tertiary/aromatic N) is 2. The Morgan fingerprint density at radius 1 is 1.43 bits per heavy atom. The molecule has 0 aromatic carbocycles. The third kappa shape index (κ3) is 3.96. The molecule has 1 fully saturated rings. The van der Waals surface area contributed by atoms with Crippen LogP contribution >= 0.6 is 0 Å². The predicted molar refractivity (Wildman–Crippen MR) is 69.7 cm³/mol. The molecule has 7 heteroatoms. The number of pyridine rings is 1. The van der Waals surface area contributed by atoms with Crippen molar-refractivity contribution in [2.24, 2.45) is 0 Å². The summed E-state index contributed by atoms with van der Waals surface area (Å²) in [6.45, 7) is 4.33. The molecule has 0 aliphatic carbocycles. The van der Waals surface area contributed by atoms with E-state index in [0.29, 0.717) is 13.1 Å². The first-order chi connectivity index (χ1) is 9.75. The lowest BCUT2D eigenvalue weighted by molar-refractivity contribution is -0.137. The minimum atomic E-state index is -4.42. The van der Waals surface area contributed by atoms with Crippen LogP contribution < -0.4 is 4.74 Å². The first-order valence-electron chi connectivity index (χ1n) is 6.39. The third-order valence-corrected chi connectivity index (χ3v) is 2.92. The molecule has 0 saturated carbocycles. The fourth-order valence-electron chi connectivity index (χ4n) is 1.85. The molecule has 1 saturated heterocycles. The highest BCUT2D eigenvalue weighted by molar-refractivity contribution is 5.88. The van der Waals surface area contributed by atoms with Gasteiger partial charge in [0.25, 0.3) is 0 Å². The van der Waals surface area contributed by atoms with Crippen molar-refractivity contribution >= 4 is 5.91 Å². The molecular weight excluding hydrogens is 285 g/mol. The summed E-state index contributed by atoms with van der Waals surface area (Å²) in [6.07, 6.45) is -2.18. The standard InChI is InChI=1S/C14H15F3N2O2/c1-9(2)5-13(20)19-7-11(8-19)21-12-6-10(3-4-18-12)14(15,16)17/h3-6,11H,7-8H2,1-2H3. The first kappa shape index (κ1) is 15.3. The van der Waals surface area contributed by atoms with Crippen LogP contribution in [0.15, 0.2) is 30.0 Å². The van der Waals surface area contributed by atoms with Crippen LogP contribution in [0.3, 0.4) is 0 Å². The van der Waals surface area contributed by atoms with Crippen LogP contribution in [0, 0.1) is 0 Å². The van der Waals surface area contributed by atoms with Crippen LogP contribution in [0.4, 0.5) is 13.2 Å². The van der Waals surface area contributed by atoms with Gasteiger partial charge in [-0.3, -0.25) is 4.79 Å². The quantitative estimate of drug-likeness (QED) is 0.806. The lowest BCUT2D eigenvalue weighted by Gasteiger charge is -2.38. The Morgan fingerprint density at radius 3 is 2.67 bits per heavy atom. The third-order valence-electron chi connectivity index (χ3n) is 2.92. The molecule has 1 aliphatic rings. The van der Waals surface area contributed by atoms with Crippen molar-refractivity contribution in [3.63, 3.8) is 0 Å². The van der Waals surface area contributed by atoms with Gasteiger partial charge in [0, 0.05) is 18.3 Å². The smallest absolute Gasteiger partial charge is 0.416 e. The summed E-state index contributed by atoms with van der Waals surface area (Å²) in [5.41, 5.74) is 0.0909. The Bertz CT molecular complexity index is 560. The van der Waals surface area contributed by atoms with Crippen LogP contribution in [0.1, 0.15) is 19.4 Å². The molecule has 2 heterocycles. The maximum atomic E-state index is 12.5. The van der Waals surface area contributed by atoms with Gasteiger partial charge in [-0.05, 0) is 19.9 Å². The molecule has 0 unspecified atom stereocenters. The number of amides is 1. The largest absolute Gasteiger partial charge is 0.471 e. The SMILES string of the molecule is CC(C)=CC(=O)N1CC(Oc2cc(C(F)(F)F)ccn2)C1. The van der Waals surface area contributed by atoms with Crippen molar-refractivity contribution in [2.45, 2.75) is 26.1 Å². The number of hydrogen-bond donors (Lipinski definition) is 0. The average molecular weight is 300 g/mol. The summed E-state index contributed by atoms with van der Waals surface area (Å²) in [5.74, 6) is -0.198. The summed E-state index contributed by atoms with van der Waals surface area (Å²) in [6, 6.07) is 1.75. The second-order valence-electron chi connectivity index (χ2n) is 5.09. The van der Waals surface area contributed by atoms with E-state index in [9.17, 15) is 18.0 Å². The topological polar surface area (TPSA) is 42.4 Å². The van der Waals surface area contributed by atoms with E-state index < -0.39 is 11.7 Å². The van der Waals surface area contributed by atoms with Crippen molar-refractivity contribution in [3.8, 4) is 5.88 Å². The summed E-state index contributed by atoms with van der Waals surface area (Å²) in [5, 5.41) is 0. The highest BCUT2D eigenvalue weighted by Gasteiger charge is 2.33. The van der Waals surface area contributed by atoms with Gasteiger partial charge >= 0.3 is 6.18 Å². The number of hydrogen-bond acceptors (Lipinski definition) is 3. The van der Waals surface area contributed by atoms with Gasteiger partial charge in [0.15, 0.2) is 0 Å². The molecule has 114 valence electrons. The Balaban J connectivity index is 1.91. The Hall–Kier alpha value is -2.05. The molecule has 1 aromatic rings. The van der Waals surface area contributed by atoms with Crippen molar-refractivity contribution < 1.29 is 22.7 Å². The van der Waals surface area contributed by atoms with Crippen LogP contribution in [-0.2, 0) is 11.0 Å². The van der Waals surface area contributed by atoms with Crippen LogP contribution in [0.5, 0.6) is 5.88 Å². The van der Waals surface area contributed by atoms with E-state index >= 15 is 0 Å². The summed E-state index contributed by atoms with van der Waals surface area (Å²) >= 11 is 0. The number of carbonyl (C=O) groups is 1. The zero-order chi connectivity index (χ0) is 15.6. The number of allylic oxidation sites excluding steroid dienone is 1. The summed E-state index contributed by atoms with van der Waals surface area (Å²) in [4.78, 5) is 17.0. The maximum Gasteiger partial charge on any atom is 0.416 e. The van der Waals surface area contributed by atoms with Gasteiger partial charge in [-0.25, -0.2) is 4.98 Å². The van der Waals surface area contributed by atoms with Crippen LogP contribution in [-0.4, -0.2) is 35.0 Å². The van der Waals surface area contributed by atoms with E-state index in [-0.39, 0.29) is 17.9 Å². The Kier molecular flexibility index (Phi) is 4.20. The lowest BCUT2D eigenvalue weighted by atomic mass is 10.1. The molecule has 1 aromatic heterocycles. The number of rotatable bonds is 3. The van der Waals surface area contributed by atoms with E-state index in [1.165, 1.54) is 6.08 Å². The maximum absolute atomic E-state index is 12.5. The van der Waals surface area contributed by atoms with Crippen molar-refractivity contribution in [3.05, 3.63) is 35.5 Å². The lowest BCUT2D eigenvalue weighted by Crippen LogP contribution is -2.55. The van der Waals surface area contributed by atoms with Gasteiger partial charge in [0.1, 0.15) is 6.10 Å². The molecule has 21 heavy (non-hydrogen) atoms. The first-order valence-corrected chi connectivity index (χ1v) is 6.39.